The predicted molar refractivity (Wildman–Crippen MR) is 103 cm³/mol. The number of hydrogen-bond donors (Lipinski definition) is 1. The van der Waals surface area contributed by atoms with Crippen LogP contribution in [0.15, 0.2) is 101 Å². The van der Waals surface area contributed by atoms with Gasteiger partial charge in [0.05, 0.1) is 5.02 Å². The highest BCUT2D eigenvalue weighted by Crippen LogP contribution is 2.27. The summed E-state index contributed by atoms with van der Waals surface area (Å²) in [6, 6.07) is 24.2. The van der Waals surface area contributed by atoms with Crippen LogP contribution in [-0.2, 0) is 0 Å². The predicted octanol–water partition coefficient (Wildman–Crippen LogP) is 6.23. The molecular weight excluding hydrogens is 348 g/mol. The number of carbonyl (C=O) groups excluding carboxylic acids is 1. The summed E-state index contributed by atoms with van der Waals surface area (Å²) < 4.78 is 0. The van der Waals surface area contributed by atoms with Gasteiger partial charge < -0.3 is 5.11 Å². The minimum Gasteiger partial charge on any atom is -0.505 e. The van der Waals surface area contributed by atoms with Crippen molar-refractivity contribution >= 4 is 28.8 Å². The van der Waals surface area contributed by atoms with Gasteiger partial charge in [-0.15, -0.1) is 10.2 Å². The molecule has 128 valence electrons. The number of hydrogen-bond acceptors (Lipinski definition) is 4. The van der Waals surface area contributed by atoms with Gasteiger partial charge in [0.1, 0.15) is 5.69 Å². The van der Waals surface area contributed by atoms with Crippen molar-refractivity contribution < 1.29 is 9.90 Å². The molecule has 0 aromatic heterocycles. The third-order valence-electron chi connectivity index (χ3n) is 3.63. The van der Waals surface area contributed by atoms with E-state index in [0.29, 0.717) is 21.8 Å². The molecule has 0 aliphatic carbocycles. The molecule has 0 saturated heterocycles. The molecule has 0 saturated carbocycles. The molecule has 5 heteroatoms. The molecule has 0 radical (unpaired) electrons. The largest absolute Gasteiger partial charge is 0.505 e. The van der Waals surface area contributed by atoms with E-state index < -0.39 is 5.78 Å². The van der Waals surface area contributed by atoms with Gasteiger partial charge in [0.25, 0.3) is 0 Å². The molecule has 0 bridgehead atoms. The number of carbonyl (C=O) groups is 1. The van der Waals surface area contributed by atoms with E-state index in [1.54, 1.807) is 72.8 Å². The average molecular weight is 363 g/mol. The van der Waals surface area contributed by atoms with Gasteiger partial charge in [0, 0.05) is 11.1 Å². The second kappa shape index (κ2) is 8.23. The van der Waals surface area contributed by atoms with Crippen LogP contribution in [0, 0.1) is 0 Å². The summed E-state index contributed by atoms with van der Waals surface area (Å²) in [6.07, 6.45) is 0. The van der Waals surface area contributed by atoms with E-state index in [2.05, 4.69) is 10.2 Å². The number of benzene rings is 3. The van der Waals surface area contributed by atoms with Crippen molar-refractivity contribution in [1.82, 2.24) is 0 Å². The minimum absolute atomic E-state index is 0.151. The lowest BCUT2D eigenvalue weighted by atomic mass is 10.1. The lowest BCUT2D eigenvalue weighted by Gasteiger charge is -2.06. The maximum Gasteiger partial charge on any atom is 0.217 e. The maximum absolute atomic E-state index is 12.9. The SMILES string of the molecule is O=C(/C(N=Nc1ccccc1Cl)=C(/O)c1ccccc1)c1ccccc1. The van der Waals surface area contributed by atoms with Crippen LogP contribution in [0.3, 0.4) is 0 Å². The van der Waals surface area contributed by atoms with Gasteiger partial charge in [-0.1, -0.05) is 84.4 Å². The number of aliphatic hydroxyl groups excluding tert-OH is 1. The zero-order valence-electron chi connectivity index (χ0n) is 13.7. The number of aliphatic hydroxyl groups is 1. The molecule has 0 atom stereocenters. The molecule has 0 unspecified atom stereocenters. The van der Waals surface area contributed by atoms with Crippen molar-refractivity contribution in [3.8, 4) is 0 Å². The van der Waals surface area contributed by atoms with Crippen LogP contribution in [-0.4, -0.2) is 10.9 Å². The second-order valence-corrected chi connectivity index (χ2v) is 5.82. The highest BCUT2D eigenvalue weighted by molar-refractivity contribution is 6.32. The Kier molecular flexibility index (Phi) is 5.56. The van der Waals surface area contributed by atoms with Crippen molar-refractivity contribution in [2.24, 2.45) is 10.2 Å². The first-order valence-corrected chi connectivity index (χ1v) is 8.29. The number of allylic oxidation sites excluding steroid dienone is 1. The van der Waals surface area contributed by atoms with Crippen LogP contribution in [0.4, 0.5) is 5.69 Å². The van der Waals surface area contributed by atoms with Crippen LogP contribution >= 0.6 is 11.6 Å². The first-order chi connectivity index (χ1) is 12.7. The summed E-state index contributed by atoms with van der Waals surface area (Å²) in [5.41, 5.74) is 1.14. The van der Waals surface area contributed by atoms with E-state index >= 15 is 0 Å². The van der Waals surface area contributed by atoms with E-state index in [4.69, 9.17) is 11.6 Å². The Morgan fingerprint density at radius 2 is 1.31 bits per heavy atom. The summed E-state index contributed by atoms with van der Waals surface area (Å²) >= 11 is 6.08. The number of rotatable bonds is 5. The Morgan fingerprint density at radius 3 is 1.92 bits per heavy atom. The maximum atomic E-state index is 12.9. The summed E-state index contributed by atoms with van der Waals surface area (Å²) in [5, 5.41) is 19.1. The van der Waals surface area contributed by atoms with Crippen LogP contribution in [0.25, 0.3) is 5.76 Å². The number of ketones is 1. The van der Waals surface area contributed by atoms with Gasteiger partial charge >= 0.3 is 0 Å². The zero-order valence-corrected chi connectivity index (χ0v) is 14.5. The smallest absolute Gasteiger partial charge is 0.217 e. The highest BCUT2D eigenvalue weighted by Gasteiger charge is 2.18. The minimum atomic E-state index is -0.428. The van der Waals surface area contributed by atoms with E-state index in [1.807, 2.05) is 12.1 Å². The van der Waals surface area contributed by atoms with Gasteiger partial charge in [0.2, 0.25) is 5.78 Å². The second-order valence-electron chi connectivity index (χ2n) is 5.41. The lowest BCUT2D eigenvalue weighted by molar-refractivity contribution is 0.103. The van der Waals surface area contributed by atoms with Crippen molar-refractivity contribution in [1.29, 1.82) is 0 Å². The first-order valence-electron chi connectivity index (χ1n) is 7.91. The van der Waals surface area contributed by atoms with Crippen molar-refractivity contribution in [2.75, 3.05) is 0 Å². The summed E-state index contributed by atoms with van der Waals surface area (Å²) in [4.78, 5) is 12.9. The topological polar surface area (TPSA) is 62.0 Å². The fourth-order valence-electron chi connectivity index (χ4n) is 2.30. The summed E-state index contributed by atoms with van der Waals surface area (Å²) in [5.74, 6) is -0.669. The number of Topliss-reactive ketones (excluding diaryl/α,β-unsaturated/α-hetero) is 1. The summed E-state index contributed by atoms with van der Waals surface area (Å²) in [6.45, 7) is 0. The third kappa shape index (κ3) is 4.05. The molecule has 26 heavy (non-hydrogen) atoms. The number of azo groups is 1. The van der Waals surface area contributed by atoms with E-state index in [1.165, 1.54) is 0 Å². The van der Waals surface area contributed by atoms with Gasteiger partial charge in [-0.05, 0) is 12.1 Å². The molecule has 0 fully saturated rings. The average Bonchev–Trinajstić information content (AvgIpc) is 2.70. The Labute approximate surface area is 156 Å². The standard InChI is InChI=1S/C21H15ClN2O2/c22-17-13-7-8-14-18(17)23-24-19(20(25)15-9-3-1-4-10-15)21(26)16-11-5-2-6-12-16/h1-14,25H/b20-19-,24-23?. The van der Waals surface area contributed by atoms with E-state index in [-0.39, 0.29) is 11.5 Å². The van der Waals surface area contributed by atoms with Gasteiger partial charge in [-0.25, -0.2) is 0 Å². The zero-order chi connectivity index (χ0) is 18.4. The third-order valence-corrected chi connectivity index (χ3v) is 3.95. The molecule has 0 aliphatic heterocycles. The van der Waals surface area contributed by atoms with Crippen molar-refractivity contribution in [3.63, 3.8) is 0 Å². The Balaban J connectivity index is 2.08. The van der Waals surface area contributed by atoms with Crippen molar-refractivity contribution in [3.05, 3.63) is 107 Å². The molecule has 0 amide bonds. The quantitative estimate of drug-likeness (QED) is 0.253. The van der Waals surface area contributed by atoms with Crippen LogP contribution < -0.4 is 0 Å². The molecule has 3 rings (SSSR count). The van der Waals surface area contributed by atoms with Crippen molar-refractivity contribution in [2.45, 2.75) is 0 Å². The molecule has 0 spiro atoms. The Hall–Kier alpha value is -3.24. The normalized spacial score (nSPS) is 12.0. The lowest BCUT2D eigenvalue weighted by Crippen LogP contribution is -2.04. The molecule has 0 aliphatic rings. The highest BCUT2D eigenvalue weighted by atomic mass is 35.5. The molecule has 0 heterocycles. The van der Waals surface area contributed by atoms with Crippen LogP contribution in [0.5, 0.6) is 0 Å². The first kappa shape index (κ1) is 17.6. The monoisotopic (exact) mass is 362 g/mol. The Morgan fingerprint density at radius 1 is 0.769 bits per heavy atom. The summed E-state index contributed by atoms with van der Waals surface area (Å²) in [7, 11) is 0. The van der Waals surface area contributed by atoms with Gasteiger partial charge in [-0.3, -0.25) is 4.79 Å². The number of halogens is 1. The fraction of sp³-hybridized carbons (Fsp3) is 0. The molecular formula is C21H15ClN2O2. The van der Waals surface area contributed by atoms with E-state index in [9.17, 15) is 9.90 Å². The van der Waals surface area contributed by atoms with Gasteiger partial charge in [0.15, 0.2) is 11.5 Å². The molecule has 1 N–H and O–H groups in total. The van der Waals surface area contributed by atoms with Gasteiger partial charge in [-0.2, -0.15) is 0 Å². The Bertz CT molecular complexity index is 968. The fourth-order valence-corrected chi connectivity index (χ4v) is 2.47. The molecule has 3 aromatic rings. The number of nitrogens with zero attached hydrogens (tertiary/aromatic N) is 2. The van der Waals surface area contributed by atoms with Crippen LogP contribution in [0.2, 0.25) is 5.02 Å². The van der Waals surface area contributed by atoms with E-state index in [0.717, 1.165) is 0 Å². The molecule has 3 aromatic carbocycles. The molecule has 4 nitrogen and oxygen atoms in total. The van der Waals surface area contributed by atoms with Crippen LogP contribution in [0.1, 0.15) is 15.9 Å².